The van der Waals surface area contributed by atoms with E-state index in [0.29, 0.717) is 40.1 Å². The first-order valence-electron chi connectivity index (χ1n) is 11.4. The second-order valence-electron chi connectivity index (χ2n) is 9.09. The molecule has 2 fully saturated rings. The Kier molecular flexibility index (Phi) is 5.72. The fraction of sp³-hybridized carbons (Fsp3) is 0.500. The van der Waals surface area contributed by atoms with E-state index in [2.05, 4.69) is 20.3 Å². The van der Waals surface area contributed by atoms with Crippen molar-refractivity contribution in [2.75, 3.05) is 19.1 Å². The van der Waals surface area contributed by atoms with Gasteiger partial charge in [0, 0.05) is 31.6 Å². The van der Waals surface area contributed by atoms with Crippen molar-refractivity contribution in [2.24, 2.45) is 7.05 Å². The number of anilines is 1. The van der Waals surface area contributed by atoms with E-state index in [9.17, 15) is 9.82 Å². The number of hydrogen-bond donors (Lipinski definition) is 1. The van der Waals surface area contributed by atoms with Gasteiger partial charge in [0.05, 0.1) is 36.5 Å². The summed E-state index contributed by atoms with van der Waals surface area (Å²) in [4.78, 5) is 20.6. The third kappa shape index (κ3) is 3.61. The van der Waals surface area contributed by atoms with Crippen molar-refractivity contribution in [3.8, 4) is 17.1 Å². The minimum Gasteiger partial charge on any atom is -0.496 e. The van der Waals surface area contributed by atoms with Gasteiger partial charge in [-0.15, -0.1) is 10.2 Å². The van der Waals surface area contributed by atoms with E-state index in [1.165, 1.54) is 11.8 Å². The van der Waals surface area contributed by atoms with Crippen LogP contribution in [0.2, 0.25) is 6.82 Å². The van der Waals surface area contributed by atoms with Gasteiger partial charge in [0.2, 0.25) is 0 Å². The molecule has 2 aromatic heterocycles. The number of nitrogens with zero attached hydrogens (tertiary/aromatic N) is 7. The van der Waals surface area contributed by atoms with Gasteiger partial charge < -0.3 is 19.5 Å². The van der Waals surface area contributed by atoms with E-state index in [1.807, 2.05) is 4.81 Å². The van der Waals surface area contributed by atoms with Crippen LogP contribution < -0.4 is 15.2 Å². The summed E-state index contributed by atoms with van der Waals surface area (Å²) in [6, 6.07) is 2.89. The standard InChI is InChI=1S/C22H27BFN7O3/c1-23(33)31-13-5-6-16(31)20(24)17(8-13)29(2)19-11-25-21(28-27-19)15-7-12-10-26-30(3)22(32)14(12)9-18(15)34-4/h7,9-11,13,16-17,20,33H,5-6,8H2,1-4H3/t13?,16?,17-,20+/m0/s1. The highest BCUT2D eigenvalue weighted by atomic mass is 19.1. The number of alkyl halides is 1. The average Bonchev–Trinajstić information content (AvgIpc) is 3.20. The Balaban J connectivity index is 1.43. The number of aromatic nitrogens is 5. The number of piperidine rings is 1. The number of aryl methyl sites for hydroxylation is 1. The third-order valence-electron chi connectivity index (χ3n) is 7.20. The molecule has 4 heterocycles. The molecule has 2 aliphatic heterocycles. The summed E-state index contributed by atoms with van der Waals surface area (Å²) in [6.07, 6.45) is 4.28. The van der Waals surface area contributed by atoms with E-state index in [0.717, 1.165) is 12.8 Å². The molecule has 0 saturated carbocycles. The van der Waals surface area contributed by atoms with Crippen LogP contribution in [0, 0.1) is 0 Å². The lowest BCUT2D eigenvalue weighted by Crippen LogP contribution is -2.60. The van der Waals surface area contributed by atoms with Crippen molar-refractivity contribution < 1.29 is 14.2 Å². The van der Waals surface area contributed by atoms with E-state index in [4.69, 9.17) is 4.74 Å². The van der Waals surface area contributed by atoms with Gasteiger partial charge in [-0.2, -0.15) is 5.10 Å². The van der Waals surface area contributed by atoms with Gasteiger partial charge in [-0.3, -0.25) is 4.79 Å². The molecule has 2 aliphatic rings. The van der Waals surface area contributed by atoms with Crippen LogP contribution >= 0.6 is 0 Å². The predicted molar refractivity (Wildman–Crippen MR) is 127 cm³/mol. The smallest absolute Gasteiger partial charge is 0.376 e. The molecule has 4 atom stereocenters. The summed E-state index contributed by atoms with van der Waals surface area (Å²) in [5.74, 6) is 1.25. The van der Waals surface area contributed by atoms with Gasteiger partial charge in [-0.05, 0) is 38.2 Å². The Morgan fingerprint density at radius 2 is 2.06 bits per heavy atom. The average molecular weight is 467 g/mol. The van der Waals surface area contributed by atoms with Gasteiger partial charge >= 0.3 is 7.05 Å². The molecule has 3 aromatic rings. The maximum atomic E-state index is 15.4. The second kappa shape index (κ2) is 8.59. The largest absolute Gasteiger partial charge is 0.496 e. The zero-order valence-electron chi connectivity index (χ0n) is 19.6. The molecule has 1 aromatic carbocycles. The fourth-order valence-corrected chi connectivity index (χ4v) is 5.45. The molecule has 10 nitrogen and oxygen atoms in total. The van der Waals surface area contributed by atoms with Crippen LogP contribution in [-0.2, 0) is 7.05 Å². The molecule has 5 rings (SSSR count). The summed E-state index contributed by atoms with van der Waals surface area (Å²) < 4.78 is 22.2. The SMILES string of the molecule is COc1cc2c(=O)n(C)ncc2cc1-c1ncc(N(C)[C@H]2CC3CCC([C@H]2F)N3B(C)O)nn1. The Morgan fingerprint density at radius 3 is 2.74 bits per heavy atom. The molecule has 1 N–H and O–H groups in total. The second-order valence-corrected chi connectivity index (χ2v) is 9.09. The lowest BCUT2D eigenvalue weighted by atomic mass is 9.78. The highest BCUT2D eigenvalue weighted by molar-refractivity contribution is 6.45. The number of benzene rings is 1. The molecule has 0 amide bonds. The van der Waals surface area contributed by atoms with E-state index >= 15 is 4.39 Å². The normalized spacial score (nSPS) is 24.4. The quantitative estimate of drug-likeness (QED) is 0.555. The lowest BCUT2D eigenvalue weighted by molar-refractivity contribution is 0.0962. The molecule has 2 unspecified atom stereocenters. The first-order valence-corrected chi connectivity index (χ1v) is 11.4. The number of halogens is 1. The van der Waals surface area contributed by atoms with E-state index in [1.54, 1.807) is 50.3 Å². The highest BCUT2D eigenvalue weighted by Gasteiger charge is 2.51. The van der Waals surface area contributed by atoms with Crippen molar-refractivity contribution in [1.82, 2.24) is 29.8 Å². The minimum absolute atomic E-state index is 0.146. The van der Waals surface area contributed by atoms with Crippen molar-refractivity contribution in [3.63, 3.8) is 0 Å². The molecule has 0 aliphatic carbocycles. The maximum Gasteiger partial charge on any atom is 0.376 e. The van der Waals surface area contributed by atoms with Gasteiger partial charge in [0.25, 0.3) is 5.56 Å². The summed E-state index contributed by atoms with van der Waals surface area (Å²) in [6.45, 7) is 1.70. The third-order valence-corrected chi connectivity index (χ3v) is 7.20. The maximum absolute atomic E-state index is 15.4. The van der Waals surface area contributed by atoms with Crippen LogP contribution in [0.1, 0.15) is 19.3 Å². The molecule has 2 bridgehead atoms. The summed E-state index contributed by atoms with van der Waals surface area (Å²) >= 11 is 0. The summed E-state index contributed by atoms with van der Waals surface area (Å²) in [5.41, 5.74) is 0.355. The molecular formula is C22H27BFN7O3. The van der Waals surface area contributed by atoms with Crippen molar-refractivity contribution >= 4 is 23.6 Å². The van der Waals surface area contributed by atoms with Gasteiger partial charge in [0.15, 0.2) is 11.6 Å². The Labute approximate surface area is 196 Å². The van der Waals surface area contributed by atoms with Gasteiger partial charge in [0.1, 0.15) is 11.9 Å². The van der Waals surface area contributed by atoms with Crippen LogP contribution in [-0.4, -0.2) is 80.3 Å². The van der Waals surface area contributed by atoms with Gasteiger partial charge in [-0.1, -0.05) is 0 Å². The zero-order valence-corrected chi connectivity index (χ0v) is 19.6. The van der Waals surface area contributed by atoms with Gasteiger partial charge in [-0.25, -0.2) is 14.1 Å². The van der Waals surface area contributed by atoms with Crippen LogP contribution in [0.15, 0.2) is 29.3 Å². The zero-order chi connectivity index (χ0) is 24.1. The molecule has 0 spiro atoms. The number of hydrogen-bond acceptors (Lipinski definition) is 9. The van der Waals surface area contributed by atoms with Crippen LogP contribution in [0.5, 0.6) is 5.75 Å². The van der Waals surface area contributed by atoms with Crippen LogP contribution in [0.3, 0.4) is 0 Å². The molecule has 178 valence electrons. The highest BCUT2D eigenvalue weighted by Crippen LogP contribution is 2.40. The fourth-order valence-electron chi connectivity index (χ4n) is 5.45. The monoisotopic (exact) mass is 467 g/mol. The van der Waals surface area contributed by atoms with E-state index < -0.39 is 13.2 Å². The Morgan fingerprint density at radius 1 is 1.26 bits per heavy atom. The number of rotatable bonds is 5. The minimum atomic E-state index is -1.12. The Bertz CT molecular complexity index is 1270. The Hall–Kier alpha value is -3.12. The number of ether oxygens (including phenoxy) is 1. The van der Waals surface area contributed by atoms with Crippen molar-refractivity contribution in [1.29, 1.82) is 0 Å². The van der Waals surface area contributed by atoms with E-state index in [-0.39, 0.29) is 23.7 Å². The number of methoxy groups -OCH3 is 1. The van der Waals surface area contributed by atoms with Crippen molar-refractivity contribution in [3.05, 3.63) is 34.9 Å². The molecular weight excluding hydrogens is 440 g/mol. The molecule has 34 heavy (non-hydrogen) atoms. The predicted octanol–water partition coefficient (Wildman–Crippen LogP) is 1.28. The molecule has 0 radical (unpaired) electrons. The number of fused-ring (bicyclic) bond motifs is 3. The molecule has 12 heteroatoms. The molecule has 2 saturated heterocycles. The summed E-state index contributed by atoms with van der Waals surface area (Å²) in [5, 5.41) is 23.9. The lowest BCUT2D eigenvalue weighted by Gasteiger charge is -2.45. The van der Waals surface area contributed by atoms with Crippen LogP contribution in [0.25, 0.3) is 22.2 Å². The first kappa shape index (κ1) is 22.7. The topological polar surface area (TPSA) is 110 Å². The van der Waals surface area contributed by atoms with Crippen LogP contribution in [0.4, 0.5) is 10.2 Å². The summed E-state index contributed by atoms with van der Waals surface area (Å²) in [7, 11) is 4.25. The first-order chi connectivity index (χ1) is 16.3. The van der Waals surface area contributed by atoms with Crippen molar-refractivity contribution in [2.45, 2.75) is 50.4 Å².